The van der Waals surface area contributed by atoms with Crippen LogP contribution in [0.4, 0.5) is 0 Å². The summed E-state index contributed by atoms with van der Waals surface area (Å²) >= 11 is 3.56. The quantitative estimate of drug-likeness (QED) is 0.838. The van der Waals surface area contributed by atoms with Crippen molar-refractivity contribution in [1.29, 1.82) is 0 Å². The fourth-order valence-electron chi connectivity index (χ4n) is 2.23. The monoisotopic (exact) mass is 318 g/mol. The Morgan fingerprint density at radius 2 is 1.79 bits per heavy atom. The minimum absolute atomic E-state index is 0.391. The van der Waals surface area contributed by atoms with Gasteiger partial charge in [-0.25, -0.2) is 0 Å². The first kappa shape index (κ1) is 14.3. The van der Waals surface area contributed by atoms with Crippen LogP contribution in [0.2, 0.25) is 0 Å². The first-order valence-electron chi connectivity index (χ1n) is 6.65. The number of aliphatic hydroxyl groups excluding tert-OH is 1. The van der Waals surface area contributed by atoms with Crippen molar-refractivity contribution in [3.63, 3.8) is 0 Å². The Hall–Kier alpha value is -1.12. The molecular formula is C17H19BrO. The third-order valence-corrected chi connectivity index (χ3v) is 4.45. The molecule has 1 N–H and O–H groups in total. The lowest BCUT2D eigenvalue weighted by Crippen LogP contribution is -2.00. The van der Waals surface area contributed by atoms with Gasteiger partial charge in [-0.15, -0.1) is 0 Å². The van der Waals surface area contributed by atoms with E-state index in [0.29, 0.717) is 0 Å². The van der Waals surface area contributed by atoms with Gasteiger partial charge in [0.2, 0.25) is 0 Å². The number of aliphatic hydroxyl groups is 1. The Balaban J connectivity index is 1.91. The topological polar surface area (TPSA) is 20.2 Å². The van der Waals surface area contributed by atoms with Crippen molar-refractivity contribution in [2.24, 2.45) is 0 Å². The van der Waals surface area contributed by atoms with Gasteiger partial charge in [0.05, 0.1) is 6.10 Å². The fraction of sp³-hybridized carbons (Fsp3) is 0.294. The smallest absolute Gasteiger partial charge is 0.0801 e. The Kier molecular flexibility index (Phi) is 5.17. The van der Waals surface area contributed by atoms with Gasteiger partial charge < -0.3 is 5.11 Å². The van der Waals surface area contributed by atoms with E-state index < -0.39 is 6.10 Å². The molecule has 0 amide bonds. The van der Waals surface area contributed by atoms with Crippen LogP contribution in [0.25, 0.3) is 0 Å². The molecule has 0 radical (unpaired) electrons. The molecule has 2 heteroatoms. The van der Waals surface area contributed by atoms with Crippen molar-refractivity contribution >= 4 is 15.9 Å². The summed E-state index contributed by atoms with van der Waals surface area (Å²) in [5.74, 6) is 0. The van der Waals surface area contributed by atoms with Gasteiger partial charge in [-0.2, -0.15) is 0 Å². The molecule has 100 valence electrons. The Labute approximate surface area is 123 Å². The normalized spacial score (nSPS) is 12.4. The van der Waals surface area contributed by atoms with E-state index >= 15 is 0 Å². The molecule has 1 atom stereocenters. The lowest BCUT2D eigenvalue weighted by Gasteiger charge is -2.14. The molecular weight excluding hydrogens is 300 g/mol. The third-order valence-electron chi connectivity index (χ3n) is 3.37. The Bertz CT molecular complexity index is 522. The summed E-state index contributed by atoms with van der Waals surface area (Å²) < 4.78 is 1.03. The lowest BCUT2D eigenvalue weighted by atomic mass is 10.00. The van der Waals surface area contributed by atoms with Gasteiger partial charge in [-0.3, -0.25) is 0 Å². The van der Waals surface area contributed by atoms with Crippen LogP contribution in [-0.4, -0.2) is 5.11 Å². The SMILES string of the molecule is Cc1cccc(C(O)CCCc2ccccc2)c1Br. The number of hydrogen-bond donors (Lipinski definition) is 1. The van der Waals surface area contributed by atoms with Gasteiger partial charge in [0.1, 0.15) is 0 Å². The van der Waals surface area contributed by atoms with Gasteiger partial charge in [-0.05, 0) is 42.9 Å². The predicted molar refractivity (Wildman–Crippen MR) is 83.2 cm³/mol. The average Bonchev–Trinajstić information content (AvgIpc) is 2.43. The number of hydrogen-bond acceptors (Lipinski definition) is 1. The van der Waals surface area contributed by atoms with Crippen LogP contribution in [-0.2, 0) is 6.42 Å². The van der Waals surface area contributed by atoms with E-state index in [-0.39, 0.29) is 0 Å². The summed E-state index contributed by atoms with van der Waals surface area (Å²) in [5, 5.41) is 10.3. The van der Waals surface area contributed by atoms with Crippen molar-refractivity contribution in [2.45, 2.75) is 32.3 Å². The van der Waals surface area contributed by atoms with Crippen LogP contribution in [0, 0.1) is 6.92 Å². The minimum atomic E-state index is -0.391. The number of halogens is 1. The highest BCUT2D eigenvalue weighted by Crippen LogP contribution is 2.29. The van der Waals surface area contributed by atoms with E-state index in [1.54, 1.807) is 0 Å². The van der Waals surface area contributed by atoms with E-state index in [1.165, 1.54) is 11.1 Å². The lowest BCUT2D eigenvalue weighted by molar-refractivity contribution is 0.164. The molecule has 2 rings (SSSR count). The number of rotatable bonds is 5. The second kappa shape index (κ2) is 6.88. The summed E-state index contributed by atoms with van der Waals surface area (Å²) in [5.41, 5.74) is 3.49. The zero-order valence-corrected chi connectivity index (χ0v) is 12.7. The maximum atomic E-state index is 10.3. The van der Waals surface area contributed by atoms with Crippen LogP contribution < -0.4 is 0 Å². The van der Waals surface area contributed by atoms with Crippen molar-refractivity contribution in [1.82, 2.24) is 0 Å². The molecule has 0 saturated carbocycles. The molecule has 0 aliphatic carbocycles. The molecule has 0 saturated heterocycles. The third kappa shape index (κ3) is 3.92. The van der Waals surface area contributed by atoms with Crippen LogP contribution in [0.3, 0.4) is 0 Å². The largest absolute Gasteiger partial charge is 0.388 e. The van der Waals surface area contributed by atoms with E-state index in [9.17, 15) is 5.11 Å². The summed E-state index contributed by atoms with van der Waals surface area (Å²) in [6.45, 7) is 2.05. The molecule has 0 aliphatic heterocycles. The zero-order chi connectivity index (χ0) is 13.7. The van der Waals surface area contributed by atoms with Crippen LogP contribution >= 0.6 is 15.9 Å². The molecule has 0 fully saturated rings. The van der Waals surface area contributed by atoms with Crippen LogP contribution in [0.1, 0.15) is 35.6 Å². The summed E-state index contributed by atoms with van der Waals surface area (Å²) in [4.78, 5) is 0. The molecule has 19 heavy (non-hydrogen) atoms. The summed E-state index contributed by atoms with van der Waals surface area (Å²) in [6.07, 6.45) is 2.40. The first-order chi connectivity index (χ1) is 9.18. The summed E-state index contributed by atoms with van der Waals surface area (Å²) in [6, 6.07) is 16.4. The molecule has 2 aromatic carbocycles. The molecule has 1 nitrogen and oxygen atoms in total. The Morgan fingerprint density at radius 3 is 2.53 bits per heavy atom. The minimum Gasteiger partial charge on any atom is -0.388 e. The van der Waals surface area contributed by atoms with E-state index in [4.69, 9.17) is 0 Å². The summed E-state index contributed by atoms with van der Waals surface area (Å²) in [7, 11) is 0. The van der Waals surface area contributed by atoms with Gasteiger partial charge in [0.15, 0.2) is 0 Å². The highest BCUT2D eigenvalue weighted by Gasteiger charge is 2.12. The molecule has 1 unspecified atom stereocenters. The average molecular weight is 319 g/mol. The van der Waals surface area contributed by atoms with Gasteiger partial charge in [-0.1, -0.05) is 64.5 Å². The van der Waals surface area contributed by atoms with Gasteiger partial charge >= 0.3 is 0 Å². The standard InChI is InChI=1S/C17H19BrO/c1-13-7-5-11-15(17(13)18)16(19)12-6-10-14-8-3-2-4-9-14/h2-5,7-9,11,16,19H,6,10,12H2,1H3. The highest BCUT2D eigenvalue weighted by molar-refractivity contribution is 9.10. The molecule has 0 heterocycles. The van der Waals surface area contributed by atoms with Crippen LogP contribution in [0.5, 0.6) is 0 Å². The Morgan fingerprint density at radius 1 is 1.05 bits per heavy atom. The van der Waals surface area contributed by atoms with Gasteiger partial charge in [0, 0.05) is 4.47 Å². The van der Waals surface area contributed by atoms with Crippen molar-refractivity contribution < 1.29 is 5.11 Å². The van der Waals surface area contributed by atoms with Gasteiger partial charge in [0.25, 0.3) is 0 Å². The number of aryl methyl sites for hydroxylation is 2. The fourth-order valence-corrected chi connectivity index (χ4v) is 2.76. The van der Waals surface area contributed by atoms with E-state index in [0.717, 1.165) is 29.3 Å². The zero-order valence-electron chi connectivity index (χ0n) is 11.1. The first-order valence-corrected chi connectivity index (χ1v) is 7.45. The second-order valence-corrected chi connectivity index (χ2v) is 5.66. The van der Waals surface area contributed by atoms with Crippen molar-refractivity contribution in [2.75, 3.05) is 0 Å². The molecule has 0 aromatic heterocycles. The van der Waals surface area contributed by atoms with E-state index in [1.807, 2.05) is 31.2 Å². The number of benzene rings is 2. The molecule has 0 bridgehead atoms. The van der Waals surface area contributed by atoms with Crippen molar-refractivity contribution in [3.05, 3.63) is 69.7 Å². The van der Waals surface area contributed by atoms with Crippen LogP contribution in [0.15, 0.2) is 53.0 Å². The van der Waals surface area contributed by atoms with Crippen molar-refractivity contribution in [3.8, 4) is 0 Å². The predicted octanol–water partition coefficient (Wildman–Crippen LogP) is 4.81. The molecule has 0 spiro atoms. The maximum absolute atomic E-state index is 10.3. The van der Waals surface area contributed by atoms with E-state index in [2.05, 4.69) is 40.2 Å². The highest BCUT2D eigenvalue weighted by atomic mass is 79.9. The second-order valence-electron chi connectivity index (χ2n) is 4.87. The maximum Gasteiger partial charge on any atom is 0.0801 e. The molecule has 2 aromatic rings. The molecule has 0 aliphatic rings.